The maximum Gasteiger partial charge on any atom is 0.336 e. The molecule has 0 aliphatic carbocycles. The molecule has 1 amide bonds. The van der Waals surface area contributed by atoms with Gasteiger partial charge in [0.2, 0.25) is 5.91 Å². The Balaban J connectivity index is 1.43. The highest BCUT2D eigenvalue weighted by atomic mass is 32.1. The summed E-state index contributed by atoms with van der Waals surface area (Å²) in [6.07, 6.45) is 0. The van der Waals surface area contributed by atoms with Crippen molar-refractivity contribution in [2.45, 2.75) is 6.54 Å². The second-order valence-corrected chi connectivity index (χ2v) is 9.08. The first-order valence-corrected chi connectivity index (χ1v) is 12.0. The largest absolute Gasteiger partial charge is 0.495 e. The highest BCUT2D eigenvalue weighted by Gasteiger charge is 2.24. The third-order valence-corrected chi connectivity index (χ3v) is 7.09. The fraction of sp³-hybridized carbons (Fsp3) is 0.240. The lowest BCUT2D eigenvalue weighted by molar-refractivity contribution is -0.132. The van der Waals surface area contributed by atoms with Gasteiger partial charge in [0.25, 0.3) is 5.56 Å². The van der Waals surface area contributed by atoms with Crippen LogP contribution in [0.4, 0.5) is 10.1 Å². The number of fused-ring (bicyclic) bond motifs is 1. The monoisotopic (exact) mass is 494 g/mol. The number of hydrogen-bond acceptors (Lipinski definition) is 6. The van der Waals surface area contributed by atoms with Crippen LogP contribution in [0.15, 0.2) is 69.6 Å². The average Bonchev–Trinajstić information content (AvgIpc) is 3.38. The molecule has 10 heteroatoms. The first-order valence-electron chi connectivity index (χ1n) is 11.1. The summed E-state index contributed by atoms with van der Waals surface area (Å²) < 4.78 is 21.4. The minimum atomic E-state index is -0.594. The third-order valence-electron chi connectivity index (χ3n) is 6.20. The van der Waals surface area contributed by atoms with Crippen LogP contribution >= 0.6 is 11.3 Å². The minimum absolute atomic E-state index is 0.182. The maximum atomic E-state index is 13.5. The molecule has 0 bridgehead atoms. The molecule has 8 nitrogen and oxygen atoms in total. The van der Waals surface area contributed by atoms with Gasteiger partial charge in [-0.3, -0.25) is 14.2 Å². The van der Waals surface area contributed by atoms with Crippen molar-refractivity contribution in [1.82, 2.24) is 14.0 Å². The van der Waals surface area contributed by atoms with E-state index in [1.54, 1.807) is 52.7 Å². The van der Waals surface area contributed by atoms with Crippen LogP contribution < -0.4 is 20.9 Å². The molecular formula is C25H23FN4O4S. The second-order valence-electron chi connectivity index (χ2n) is 8.16. The number of rotatable bonds is 5. The smallest absolute Gasteiger partial charge is 0.336 e. The molecule has 0 spiro atoms. The molecular weight excluding hydrogens is 471 g/mol. The van der Waals surface area contributed by atoms with Gasteiger partial charge in [-0.1, -0.05) is 12.1 Å². The summed E-state index contributed by atoms with van der Waals surface area (Å²) in [5.74, 6) is -0.108. The van der Waals surface area contributed by atoms with Gasteiger partial charge in [-0.25, -0.2) is 13.8 Å². The van der Waals surface area contributed by atoms with E-state index in [4.69, 9.17) is 4.74 Å². The lowest BCUT2D eigenvalue weighted by Crippen LogP contribution is -2.50. The number of halogens is 1. The molecule has 0 atom stereocenters. The number of aromatic nitrogens is 2. The molecule has 2 aromatic carbocycles. The van der Waals surface area contributed by atoms with Gasteiger partial charge in [-0.2, -0.15) is 0 Å². The van der Waals surface area contributed by atoms with E-state index >= 15 is 0 Å². The van der Waals surface area contributed by atoms with Crippen molar-refractivity contribution in [3.05, 3.63) is 86.6 Å². The lowest BCUT2D eigenvalue weighted by atomic mass is 10.2. The van der Waals surface area contributed by atoms with Crippen LogP contribution in [-0.2, 0) is 11.3 Å². The van der Waals surface area contributed by atoms with E-state index in [9.17, 15) is 18.8 Å². The number of methoxy groups -OCH3 is 1. The zero-order valence-corrected chi connectivity index (χ0v) is 19.8. The van der Waals surface area contributed by atoms with Crippen molar-refractivity contribution in [3.8, 4) is 11.4 Å². The van der Waals surface area contributed by atoms with Crippen molar-refractivity contribution < 1.29 is 13.9 Å². The fourth-order valence-corrected chi connectivity index (χ4v) is 5.19. The van der Waals surface area contributed by atoms with Crippen molar-refractivity contribution in [3.63, 3.8) is 0 Å². The molecule has 1 saturated heterocycles. The predicted molar refractivity (Wildman–Crippen MR) is 133 cm³/mol. The van der Waals surface area contributed by atoms with E-state index in [-0.39, 0.29) is 18.3 Å². The highest BCUT2D eigenvalue weighted by molar-refractivity contribution is 7.17. The van der Waals surface area contributed by atoms with Gasteiger partial charge in [0.15, 0.2) is 0 Å². The van der Waals surface area contributed by atoms with Crippen molar-refractivity contribution in [1.29, 1.82) is 0 Å². The second kappa shape index (κ2) is 9.38. The van der Waals surface area contributed by atoms with E-state index in [0.29, 0.717) is 47.8 Å². The average molecular weight is 495 g/mol. The topological polar surface area (TPSA) is 76.8 Å². The van der Waals surface area contributed by atoms with E-state index in [1.807, 2.05) is 0 Å². The third kappa shape index (κ3) is 4.21. The Bertz CT molecular complexity index is 1500. The first-order chi connectivity index (χ1) is 17.0. The molecule has 1 aliphatic rings. The lowest BCUT2D eigenvalue weighted by Gasteiger charge is -2.36. The maximum absolute atomic E-state index is 13.5. The van der Waals surface area contributed by atoms with Crippen molar-refractivity contribution in [2.24, 2.45) is 0 Å². The van der Waals surface area contributed by atoms with Gasteiger partial charge in [0.1, 0.15) is 22.8 Å². The first kappa shape index (κ1) is 22.9. The van der Waals surface area contributed by atoms with E-state index in [2.05, 4.69) is 4.90 Å². The summed E-state index contributed by atoms with van der Waals surface area (Å²) in [6, 6.07) is 14.8. The Morgan fingerprint density at radius 3 is 2.43 bits per heavy atom. The number of carbonyl (C=O) groups excluding carboxylic acids is 1. The van der Waals surface area contributed by atoms with Crippen LogP contribution in [0.5, 0.6) is 5.75 Å². The summed E-state index contributed by atoms with van der Waals surface area (Å²) in [5.41, 5.74) is 0.632. The van der Waals surface area contributed by atoms with Crippen LogP contribution in [0.2, 0.25) is 0 Å². The normalized spacial score (nSPS) is 13.9. The van der Waals surface area contributed by atoms with E-state index < -0.39 is 11.2 Å². The van der Waals surface area contributed by atoms with Crippen LogP contribution in [0, 0.1) is 5.82 Å². The number of carbonyl (C=O) groups is 1. The predicted octanol–water partition coefficient (Wildman–Crippen LogP) is 2.71. The molecule has 35 heavy (non-hydrogen) atoms. The zero-order valence-electron chi connectivity index (χ0n) is 19.0. The molecule has 3 heterocycles. The Morgan fingerprint density at radius 2 is 1.71 bits per heavy atom. The van der Waals surface area contributed by atoms with Gasteiger partial charge >= 0.3 is 5.69 Å². The minimum Gasteiger partial charge on any atom is -0.495 e. The van der Waals surface area contributed by atoms with Crippen LogP contribution in [0.3, 0.4) is 0 Å². The van der Waals surface area contributed by atoms with Gasteiger partial charge in [-0.15, -0.1) is 11.3 Å². The number of para-hydroxylation sites is 2. The summed E-state index contributed by atoms with van der Waals surface area (Å²) >= 11 is 1.23. The number of benzene rings is 2. The number of piperazine rings is 1. The zero-order chi connectivity index (χ0) is 24.5. The number of hydrogen-bond donors (Lipinski definition) is 0. The Kier molecular flexibility index (Phi) is 6.12. The molecule has 5 rings (SSSR count). The van der Waals surface area contributed by atoms with Crippen molar-refractivity contribution in [2.75, 3.05) is 38.2 Å². The molecule has 0 N–H and O–H groups in total. The summed E-state index contributed by atoms with van der Waals surface area (Å²) in [4.78, 5) is 43.7. The van der Waals surface area contributed by atoms with E-state index in [1.165, 1.54) is 35.1 Å². The molecule has 0 radical (unpaired) electrons. The summed E-state index contributed by atoms with van der Waals surface area (Å²) in [7, 11) is 1.47. The number of amides is 1. The van der Waals surface area contributed by atoms with Gasteiger partial charge in [-0.05, 0) is 47.8 Å². The summed E-state index contributed by atoms with van der Waals surface area (Å²) in [5, 5.41) is 1.74. The molecule has 1 fully saturated rings. The number of anilines is 1. The number of ether oxygens (including phenoxy) is 1. The standard InChI is InChI=1S/C25H23FN4O4S/c1-34-21-5-3-2-4-19(21)30-24(32)23-20(10-15-35-23)29(25(30)33)16-22(31)28-13-11-27(12-14-28)18-8-6-17(26)7-9-18/h2-10,15H,11-14,16H2,1H3. The quantitative estimate of drug-likeness (QED) is 0.427. The number of thiophene rings is 1. The molecule has 0 saturated carbocycles. The van der Waals surface area contributed by atoms with Crippen LogP contribution in [0.1, 0.15) is 0 Å². The molecule has 180 valence electrons. The van der Waals surface area contributed by atoms with Gasteiger partial charge < -0.3 is 14.5 Å². The highest BCUT2D eigenvalue weighted by Crippen LogP contribution is 2.22. The Labute approximate surface area is 204 Å². The molecule has 0 unspecified atom stereocenters. The molecule has 4 aromatic rings. The van der Waals surface area contributed by atoms with Crippen LogP contribution in [0.25, 0.3) is 15.9 Å². The van der Waals surface area contributed by atoms with Crippen molar-refractivity contribution >= 4 is 33.1 Å². The SMILES string of the molecule is COc1ccccc1-n1c(=O)c2sccc2n(CC(=O)N2CCN(c3ccc(F)cc3)CC2)c1=O. The Hall–Kier alpha value is -3.92. The fourth-order valence-electron chi connectivity index (χ4n) is 4.37. The van der Waals surface area contributed by atoms with Gasteiger partial charge in [0.05, 0.1) is 18.3 Å². The number of nitrogens with zero attached hydrogens (tertiary/aromatic N) is 4. The molecule has 1 aliphatic heterocycles. The van der Waals surface area contributed by atoms with Crippen LogP contribution in [-0.4, -0.2) is 53.2 Å². The molecule has 2 aromatic heterocycles. The van der Waals surface area contributed by atoms with Gasteiger partial charge in [0, 0.05) is 31.9 Å². The Morgan fingerprint density at radius 1 is 1.00 bits per heavy atom. The summed E-state index contributed by atoms with van der Waals surface area (Å²) in [6.45, 7) is 1.97. The van der Waals surface area contributed by atoms with E-state index in [0.717, 1.165) is 10.3 Å².